The number of carbonyl (C=O) groups excluding carboxylic acids is 3. The van der Waals surface area contributed by atoms with E-state index in [-0.39, 0.29) is 29.6 Å². The normalized spacial score (nSPS) is 16.0. The van der Waals surface area contributed by atoms with E-state index in [4.69, 9.17) is 0 Å². The molecule has 1 heterocycles. The summed E-state index contributed by atoms with van der Waals surface area (Å²) in [7, 11) is 0. The number of rotatable bonds is 5. The lowest BCUT2D eigenvalue weighted by molar-refractivity contribution is -0.134. The van der Waals surface area contributed by atoms with E-state index in [0.717, 1.165) is 36.0 Å². The number of benzene rings is 3. The third-order valence-corrected chi connectivity index (χ3v) is 7.04. The minimum atomic E-state index is -0.174. The Kier molecular flexibility index (Phi) is 6.01. The van der Waals surface area contributed by atoms with Gasteiger partial charge in [-0.05, 0) is 48.1 Å². The van der Waals surface area contributed by atoms with Gasteiger partial charge in [-0.15, -0.1) is 0 Å². The second kappa shape index (κ2) is 9.26. The molecule has 0 aromatic heterocycles. The first-order valence-corrected chi connectivity index (χ1v) is 12.0. The van der Waals surface area contributed by atoms with Crippen LogP contribution in [-0.2, 0) is 4.79 Å². The molecule has 1 aliphatic heterocycles. The fraction of sp³-hybridized carbons (Fsp3) is 0.276. The summed E-state index contributed by atoms with van der Waals surface area (Å²) in [6.07, 6.45) is 2.20. The molecule has 172 valence electrons. The number of nitrogens with one attached hydrogen (secondary N) is 1. The Bertz CT molecular complexity index is 1240. The van der Waals surface area contributed by atoms with E-state index in [9.17, 15) is 14.4 Å². The average Bonchev–Trinajstić information content (AvgIpc) is 3.17. The van der Waals surface area contributed by atoms with Crippen molar-refractivity contribution < 1.29 is 14.4 Å². The summed E-state index contributed by atoms with van der Waals surface area (Å²) >= 11 is 0. The number of fused-ring (bicyclic) bond motifs is 3. The molecule has 0 spiro atoms. The number of hydrogen-bond acceptors (Lipinski definition) is 3. The first-order valence-electron chi connectivity index (χ1n) is 12.0. The van der Waals surface area contributed by atoms with Gasteiger partial charge >= 0.3 is 0 Å². The molecule has 0 radical (unpaired) electrons. The molecule has 5 rings (SSSR count). The quantitative estimate of drug-likeness (QED) is 0.472. The maximum atomic E-state index is 13.1. The van der Waals surface area contributed by atoms with Crippen LogP contribution in [0, 0.1) is 0 Å². The first-order chi connectivity index (χ1) is 16.6. The summed E-state index contributed by atoms with van der Waals surface area (Å²) in [5.74, 6) is -0.168. The Morgan fingerprint density at radius 2 is 1.53 bits per heavy atom. The third kappa shape index (κ3) is 4.03. The molecule has 2 amide bonds. The largest absolute Gasteiger partial charge is 0.349 e. The van der Waals surface area contributed by atoms with Crippen LogP contribution in [0.25, 0.3) is 11.1 Å². The maximum Gasteiger partial charge on any atom is 0.251 e. The Labute approximate surface area is 199 Å². The predicted octanol–water partition coefficient (Wildman–Crippen LogP) is 4.81. The van der Waals surface area contributed by atoms with Crippen molar-refractivity contribution in [1.82, 2.24) is 10.2 Å². The molecule has 34 heavy (non-hydrogen) atoms. The molecule has 1 fully saturated rings. The number of nitrogens with zero attached hydrogens (tertiary/aromatic N) is 1. The molecular formula is C29H28N2O3. The SMILES string of the molecule is CCC(C(=O)N1CCC(NC(=O)c2ccc3c(c2)C(=O)c2ccccc2-3)CC1)c1ccccc1. The summed E-state index contributed by atoms with van der Waals surface area (Å²) < 4.78 is 0. The lowest BCUT2D eigenvalue weighted by Gasteiger charge is -2.34. The minimum Gasteiger partial charge on any atom is -0.349 e. The highest BCUT2D eigenvalue weighted by Gasteiger charge is 2.30. The Morgan fingerprint density at radius 3 is 2.24 bits per heavy atom. The molecule has 0 bridgehead atoms. The molecule has 1 N–H and O–H groups in total. The van der Waals surface area contributed by atoms with Crippen molar-refractivity contribution in [3.05, 3.63) is 95.1 Å². The van der Waals surface area contributed by atoms with Crippen molar-refractivity contribution in [3.63, 3.8) is 0 Å². The second-order valence-electron chi connectivity index (χ2n) is 9.08. The summed E-state index contributed by atoms with van der Waals surface area (Å²) in [5, 5.41) is 3.11. The molecule has 1 saturated heterocycles. The maximum absolute atomic E-state index is 13.1. The highest BCUT2D eigenvalue weighted by atomic mass is 16.2. The molecule has 0 saturated carbocycles. The van der Waals surface area contributed by atoms with Gasteiger partial charge in [0.25, 0.3) is 5.91 Å². The van der Waals surface area contributed by atoms with Crippen molar-refractivity contribution >= 4 is 17.6 Å². The second-order valence-corrected chi connectivity index (χ2v) is 9.08. The Morgan fingerprint density at radius 1 is 0.882 bits per heavy atom. The van der Waals surface area contributed by atoms with Crippen LogP contribution < -0.4 is 5.32 Å². The van der Waals surface area contributed by atoms with Gasteiger partial charge in [0.05, 0.1) is 5.92 Å². The minimum absolute atomic E-state index is 0.00880. The fourth-order valence-electron chi connectivity index (χ4n) is 5.14. The van der Waals surface area contributed by atoms with Gasteiger partial charge in [-0.3, -0.25) is 14.4 Å². The van der Waals surface area contributed by atoms with Crippen molar-refractivity contribution in [2.75, 3.05) is 13.1 Å². The van der Waals surface area contributed by atoms with Gasteiger partial charge in [-0.1, -0.05) is 67.6 Å². The molecule has 5 nitrogen and oxygen atoms in total. The van der Waals surface area contributed by atoms with E-state index < -0.39 is 0 Å². The van der Waals surface area contributed by atoms with Crippen LogP contribution in [-0.4, -0.2) is 41.6 Å². The predicted molar refractivity (Wildman–Crippen MR) is 132 cm³/mol. The van der Waals surface area contributed by atoms with Crippen molar-refractivity contribution in [1.29, 1.82) is 0 Å². The molecule has 2 aliphatic rings. The van der Waals surface area contributed by atoms with Crippen LogP contribution in [0.15, 0.2) is 72.8 Å². The van der Waals surface area contributed by atoms with Crippen LogP contribution in [0.4, 0.5) is 0 Å². The van der Waals surface area contributed by atoms with Crippen molar-refractivity contribution in [2.45, 2.75) is 38.1 Å². The highest BCUT2D eigenvalue weighted by Crippen LogP contribution is 2.36. The summed E-state index contributed by atoms with van der Waals surface area (Å²) in [6.45, 7) is 3.30. The lowest BCUT2D eigenvalue weighted by Crippen LogP contribution is -2.47. The number of ketones is 1. The van der Waals surface area contributed by atoms with E-state index in [1.807, 2.05) is 72.5 Å². The van der Waals surface area contributed by atoms with Crippen molar-refractivity contribution in [3.8, 4) is 11.1 Å². The van der Waals surface area contributed by atoms with Crippen LogP contribution in [0.1, 0.15) is 63.9 Å². The van der Waals surface area contributed by atoms with E-state index >= 15 is 0 Å². The average molecular weight is 453 g/mol. The van der Waals surface area contributed by atoms with Crippen LogP contribution >= 0.6 is 0 Å². The van der Waals surface area contributed by atoms with Crippen LogP contribution in [0.3, 0.4) is 0 Å². The van der Waals surface area contributed by atoms with Gasteiger partial charge in [0, 0.05) is 35.8 Å². The zero-order valence-corrected chi connectivity index (χ0v) is 19.3. The highest BCUT2D eigenvalue weighted by molar-refractivity contribution is 6.22. The molecule has 5 heteroatoms. The van der Waals surface area contributed by atoms with Gasteiger partial charge in [-0.2, -0.15) is 0 Å². The van der Waals surface area contributed by atoms with Crippen LogP contribution in [0.5, 0.6) is 0 Å². The Hall–Kier alpha value is -3.73. The smallest absolute Gasteiger partial charge is 0.251 e. The number of piperidine rings is 1. The van der Waals surface area contributed by atoms with E-state index in [0.29, 0.717) is 29.8 Å². The number of amides is 2. The summed E-state index contributed by atoms with van der Waals surface area (Å²) in [5.41, 5.74) is 4.63. The zero-order chi connectivity index (χ0) is 23.7. The fourth-order valence-corrected chi connectivity index (χ4v) is 5.14. The molecule has 3 aromatic rings. The molecule has 1 aliphatic carbocycles. The van der Waals surface area contributed by atoms with E-state index in [1.165, 1.54) is 0 Å². The molecule has 3 aromatic carbocycles. The Balaban J connectivity index is 1.21. The number of carbonyl (C=O) groups is 3. The van der Waals surface area contributed by atoms with Crippen LogP contribution in [0.2, 0.25) is 0 Å². The third-order valence-electron chi connectivity index (χ3n) is 7.04. The van der Waals surface area contributed by atoms with Gasteiger partial charge in [0.1, 0.15) is 0 Å². The molecule has 1 unspecified atom stereocenters. The lowest BCUT2D eigenvalue weighted by atomic mass is 9.93. The topological polar surface area (TPSA) is 66.5 Å². The monoisotopic (exact) mass is 452 g/mol. The molecule has 1 atom stereocenters. The molecular weight excluding hydrogens is 424 g/mol. The number of hydrogen-bond donors (Lipinski definition) is 1. The van der Waals surface area contributed by atoms with E-state index in [1.54, 1.807) is 12.1 Å². The van der Waals surface area contributed by atoms with Gasteiger partial charge < -0.3 is 10.2 Å². The number of likely N-dealkylation sites (tertiary alicyclic amines) is 1. The summed E-state index contributed by atoms with van der Waals surface area (Å²) in [4.78, 5) is 40.8. The van der Waals surface area contributed by atoms with Gasteiger partial charge in [0.2, 0.25) is 5.91 Å². The summed E-state index contributed by atoms with van der Waals surface area (Å²) in [6, 6.07) is 22.8. The van der Waals surface area contributed by atoms with Gasteiger partial charge in [0.15, 0.2) is 5.78 Å². The standard InChI is InChI=1S/C29H28N2O3/c1-2-22(19-8-4-3-5-9-19)29(34)31-16-14-21(15-17-31)30-28(33)20-12-13-24-23-10-6-7-11-25(23)27(32)26(24)18-20/h3-13,18,21-22H,2,14-17H2,1H3,(H,30,33). The van der Waals surface area contributed by atoms with Crippen molar-refractivity contribution in [2.24, 2.45) is 0 Å². The van der Waals surface area contributed by atoms with Gasteiger partial charge in [-0.25, -0.2) is 0 Å². The van der Waals surface area contributed by atoms with E-state index in [2.05, 4.69) is 5.32 Å². The zero-order valence-electron chi connectivity index (χ0n) is 19.3. The first kappa shape index (κ1) is 22.1.